The lowest BCUT2D eigenvalue weighted by molar-refractivity contribution is 0.111. The van der Waals surface area contributed by atoms with Gasteiger partial charge in [0.25, 0.3) is 5.56 Å². The summed E-state index contributed by atoms with van der Waals surface area (Å²) < 4.78 is 1.85. The van der Waals surface area contributed by atoms with Crippen LogP contribution in [0.4, 0.5) is 5.95 Å². The third kappa shape index (κ3) is 3.08. The smallest absolute Gasteiger partial charge is 0.260 e. The summed E-state index contributed by atoms with van der Waals surface area (Å²) in [6.07, 6.45) is 7.15. The number of pyridine rings is 1. The molecule has 2 heterocycles. The fraction of sp³-hybridized carbons (Fsp3) is 0.476. The molecule has 0 bridgehead atoms. The van der Waals surface area contributed by atoms with Gasteiger partial charge in [-0.2, -0.15) is 4.98 Å². The van der Waals surface area contributed by atoms with Crippen LogP contribution in [0.2, 0.25) is 0 Å². The van der Waals surface area contributed by atoms with Gasteiger partial charge in [0.05, 0.1) is 6.10 Å². The molecule has 6 nitrogen and oxygen atoms in total. The van der Waals surface area contributed by atoms with Crippen LogP contribution in [-0.2, 0) is 0 Å². The Hall–Kier alpha value is -2.47. The van der Waals surface area contributed by atoms with E-state index in [0.29, 0.717) is 17.0 Å². The predicted molar refractivity (Wildman–Crippen MR) is 106 cm³/mol. The number of rotatable bonds is 4. The summed E-state index contributed by atoms with van der Waals surface area (Å²) in [4.78, 5) is 22.6. The SMILES string of the molecule is O=c1c2ccccc2c2cnc(NCC3CC3)nc2n1C1CCC(O)CC1. The monoisotopic (exact) mass is 364 g/mol. The fourth-order valence-corrected chi connectivity index (χ4v) is 4.17. The zero-order valence-corrected chi connectivity index (χ0v) is 15.3. The van der Waals surface area contributed by atoms with Crippen LogP contribution in [0.5, 0.6) is 0 Å². The molecule has 0 radical (unpaired) electrons. The van der Waals surface area contributed by atoms with Crippen molar-refractivity contribution in [2.24, 2.45) is 5.92 Å². The van der Waals surface area contributed by atoms with E-state index in [1.165, 1.54) is 12.8 Å². The number of aromatic nitrogens is 3. The molecule has 0 aliphatic heterocycles. The van der Waals surface area contributed by atoms with Crippen molar-refractivity contribution < 1.29 is 5.11 Å². The first kappa shape index (κ1) is 16.7. The van der Waals surface area contributed by atoms with E-state index in [4.69, 9.17) is 4.98 Å². The first-order chi connectivity index (χ1) is 13.2. The molecular weight excluding hydrogens is 340 g/mol. The summed E-state index contributed by atoms with van der Waals surface area (Å²) in [5, 5.41) is 15.7. The van der Waals surface area contributed by atoms with Gasteiger partial charge in [0.15, 0.2) is 0 Å². The third-order valence-corrected chi connectivity index (χ3v) is 5.94. The van der Waals surface area contributed by atoms with E-state index < -0.39 is 0 Å². The zero-order valence-electron chi connectivity index (χ0n) is 15.3. The predicted octanol–water partition coefficient (Wildman–Crippen LogP) is 3.24. The molecule has 2 saturated carbocycles. The largest absolute Gasteiger partial charge is 0.393 e. The van der Waals surface area contributed by atoms with Crippen LogP contribution in [0, 0.1) is 5.92 Å². The Morgan fingerprint density at radius 3 is 2.52 bits per heavy atom. The van der Waals surface area contributed by atoms with Crippen molar-refractivity contribution in [3.05, 3.63) is 40.8 Å². The van der Waals surface area contributed by atoms with Gasteiger partial charge in [-0.25, -0.2) is 4.98 Å². The number of aliphatic hydroxyl groups is 1. The quantitative estimate of drug-likeness (QED) is 0.695. The van der Waals surface area contributed by atoms with Gasteiger partial charge in [0, 0.05) is 29.6 Å². The highest BCUT2D eigenvalue weighted by Gasteiger charge is 2.25. The summed E-state index contributed by atoms with van der Waals surface area (Å²) in [5.41, 5.74) is 0.708. The number of fused-ring (bicyclic) bond motifs is 3. The number of nitrogens with one attached hydrogen (secondary N) is 1. The Bertz CT molecular complexity index is 1050. The molecule has 0 atom stereocenters. The molecule has 27 heavy (non-hydrogen) atoms. The number of nitrogens with zero attached hydrogens (tertiary/aromatic N) is 3. The first-order valence-corrected chi connectivity index (χ1v) is 9.92. The highest BCUT2D eigenvalue weighted by molar-refractivity contribution is 6.04. The Balaban J connectivity index is 1.68. The molecule has 2 aliphatic rings. The summed E-state index contributed by atoms with van der Waals surface area (Å²) in [7, 11) is 0. The van der Waals surface area contributed by atoms with Gasteiger partial charge in [-0.05, 0) is 55.9 Å². The maximum atomic E-state index is 13.3. The highest BCUT2D eigenvalue weighted by Crippen LogP contribution is 2.32. The van der Waals surface area contributed by atoms with Gasteiger partial charge in [-0.1, -0.05) is 18.2 Å². The van der Waals surface area contributed by atoms with Crippen LogP contribution >= 0.6 is 0 Å². The van der Waals surface area contributed by atoms with Gasteiger partial charge in [-0.3, -0.25) is 9.36 Å². The highest BCUT2D eigenvalue weighted by atomic mass is 16.3. The minimum atomic E-state index is -0.255. The van der Waals surface area contributed by atoms with E-state index in [9.17, 15) is 9.90 Å². The third-order valence-electron chi connectivity index (χ3n) is 5.94. The van der Waals surface area contributed by atoms with E-state index in [-0.39, 0.29) is 17.7 Å². The summed E-state index contributed by atoms with van der Waals surface area (Å²) in [5.74, 6) is 1.32. The standard InChI is InChI=1S/C21H24N4O2/c26-15-9-7-14(8-10-15)25-19-18(16-3-1-2-4-17(16)20(25)27)12-23-21(24-19)22-11-13-5-6-13/h1-4,12-15,26H,5-11H2,(H,22,23,24). The van der Waals surface area contributed by atoms with Gasteiger partial charge in [0.1, 0.15) is 5.65 Å². The lowest BCUT2D eigenvalue weighted by Gasteiger charge is -2.28. The maximum absolute atomic E-state index is 13.3. The number of hydrogen-bond donors (Lipinski definition) is 2. The molecule has 2 aliphatic carbocycles. The molecule has 1 aromatic carbocycles. The van der Waals surface area contributed by atoms with E-state index >= 15 is 0 Å². The Labute approximate surface area is 157 Å². The number of anilines is 1. The molecule has 0 amide bonds. The normalized spacial score (nSPS) is 23.0. The molecule has 6 heteroatoms. The van der Waals surface area contributed by atoms with Gasteiger partial charge in [0.2, 0.25) is 5.95 Å². The molecule has 0 saturated heterocycles. The molecule has 5 rings (SSSR count). The average Bonchev–Trinajstić information content (AvgIpc) is 3.52. The maximum Gasteiger partial charge on any atom is 0.260 e. The minimum absolute atomic E-state index is 0.00586. The van der Waals surface area contributed by atoms with Crippen LogP contribution in [-0.4, -0.2) is 32.3 Å². The van der Waals surface area contributed by atoms with Crippen LogP contribution in [0.1, 0.15) is 44.6 Å². The van der Waals surface area contributed by atoms with Gasteiger partial charge in [-0.15, -0.1) is 0 Å². The second-order valence-electron chi connectivity index (χ2n) is 7.94. The van der Waals surface area contributed by atoms with Crippen LogP contribution in [0.15, 0.2) is 35.3 Å². The Morgan fingerprint density at radius 1 is 1.04 bits per heavy atom. The lowest BCUT2D eigenvalue weighted by Crippen LogP contribution is -2.30. The van der Waals surface area contributed by atoms with Gasteiger partial charge >= 0.3 is 0 Å². The molecule has 2 N–H and O–H groups in total. The summed E-state index contributed by atoms with van der Waals surface area (Å²) >= 11 is 0. The molecule has 3 aromatic rings. The zero-order chi connectivity index (χ0) is 18.4. The van der Waals surface area contributed by atoms with Crippen LogP contribution < -0.4 is 10.9 Å². The Kier molecular flexibility index (Phi) is 4.08. The van der Waals surface area contributed by atoms with Crippen molar-refractivity contribution in [3.8, 4) is 0 Å². The number of hydrogen-bond acceptors (Lipinski definition) is 5. The fourth-order valence-electron chi connectivity index (χ4n) is 4.17. The van der Waals surface area contributed by atoms with Crippen LogP contribution in [0.3, 0.4) is 0 Å². The van der Waals surface area contributed by atoms with Crippen molar-refractivity contribution >= 4 is 27.8 Å². The second-order valence-corrected chi connectivity index (χ2v) is 7.94. The van der Waals surface area contributed by atoms with E-state index in [0.717, 1.165) is 48.9 Å². The average molecular weight is 364 g/mol. The van der Waals surface area contributed by atoms with Crippen molar-refractivity contribution in [2.45, 2.75) is 50.7 Å². The molecular formula is C21H24N4O2. The van der Waals surface area contributed by atoms with E-state index in [1.54, 1.807) is 0 Å². The van der Waals surface area contributed by atoms with Crippen molar-refractivity contribution in [3.63, 3.8) is 0 Å². The number of aliphatic hydroxyl groups excluding tert-OH is 1. The van der Waals surface area contributed by atoms with E-state index in [2.05, 4.69) is 10.3 Å². The Morgan fingerprint density at radius 2 is 1.78 bits per heavy atom. The summed E-state index contributed by atoms with van der Waals surface area (Å²) in [6.45, 7) is 0.888. The summed E-state index contributed by atoms with van der Waals surface area (Å²) in [6, 6.07) is 7.76. The van der Waals surface area contributed by atoms with Crippen molar-refractivity contribution in [2.75, 3.05) is 11.9 Å². The minimum Gasteiger partial charge on any atom is -0.393 e. The molecule has 2 aromatic heterocycles. The molecule has 2 fully saturated rings. The van der Waals surface area contributed by atoms with E-state index in [1.807, 2.05) is 35.0 Å². The molecule has 0 spiro atoms. The first-order valence-electron chi connectivity index (χ1n) is 9.92. The van der Waals surface area contributed by atoms with Crippen LogP contribution in [0.25, 0.3) is 21.8 Å². The topological polar surface area (TPSA) is 80.0 Å². The molecule has 0 unspecified atom stereocenters. The molecule has 140 valence electrons. The van der Waals surface area contributed by atoms with Gasteiger partial charge < -0.3 is 10.4 Å². The van der Waals surface area contributed by atoms with Crippen molar-refractivity contribution in [1.29, 1.82) is 0 Å². The number of benzene rings is 1. The second kappa shape index (κ2) is 6.60. The lowest BCUT2D eigenvalue weighted by atomic mass is 9.92. The van der Waals surface area contributed by atoms with Crippen molar-refractivity contribution in [1.82, 2.24) is 14.5 Å².